The highest BCUT2D eigenvalue weighted by atomic mass is 35.5. The Morgan fingerprint density at radius 3 is 2.34 bits per heavy atom. The van der Waals surface area contributed by atoms with Crippen LogP contribution in [0.2, 0.25) is 10.0 Å². The van der Waals surface area contributed by atoms with Crippen LogP contribution >= 0.6 is 23.2 Å². The molecule has 9 heteroatoms. The second-order valence-corrected chi connectivity index (χ2v) is 7.93. The lowest BCUT2D eigenvalue weighted by Crippen LogP contribution is -2.13. The first-order valence-corrected chi connectivity index (χ1v) is 11.1. The molecule has 0 atom stereocenters. The number of anilines is 1. The van der Waals surface area contributed by atoms with Crippen LogP contribution in [0, 0.1) is 17.1 Å². The zero-order chi connectivity index (χ0) is 25.4. The van der Waals surface area contributed by atoms with Gasteiger partial charge in [-0.15, -0.1) is 0 Å². The topological polar surface area (TPSA) is 88.4 Å². The molecule has 0 heterocycles. The number of rotatable bonds is 8. The maximum Gasteiger partial charge on any atom is 0.338 e. The van der Waals surface area contributed by atoms with Gasteiger partial charge in [0.15, 0.2) is 5.75 Å². The van der Waals surface area contributed by atoms with E-state index < -0.39 is 17.7 Å². The molecule has 0 saturated carbocycles. The van der Waals surface area contributed by atoms with E-state index in [1.165, 1.54) is 48.5 Å². The van der Waals surface area contributed by atoms with E-state index in [9.17, 15) is 19.2 Å². The average Bonchev–Trinajstić information content (AvgIpc) is 2.83. The summed E-state index contributed by atoms with van der Waals surface area (Å²) < 4.78 is 24.3. The highest BCUT2D eigenvalue weighted by molar-refractivity contribution is 6.37. The molecule has 0 aliphatic carbocycles. The van der Waals surface area contributed by atoms with Crippen molar-refractivity contribution in [3.63, 3.8) is 0 Å². The summed E-state index contributed by atoms with van der Waals surface area (Å²) in [4.78, 5) is 24.3. The zero-order valence-corrected chi connectivity index (χ0v) is 20.0. The summed E-state index contributed by atoms with van der Waals surface area (Å²) in [5, 5.41) is 12.3. The third kappa shape index (κ3) is 6.82. The molecule has 1 N–H and O–H groups in total. The molecule has 3 aromatic carbocycles. The van der Waals surface area contributed by atoms with Gasteiger partial charge in [-0.25, -0.2) is 9.18 Å². The highest BCUT2D eigenvalue weighted by Crippen LogP contribution is 2.35. The minimum absolute atomic E-state index is 0.0812. The summed E-state index contributed by atoms with van der Waals surface area (Å²) in [6.07, 6.45) is 1.32. The Morgan fingerprint density at radius 2 is 1.74 bits per heavy atom. The molecule has 0 unspecified atom stereocenters. The molecule has 0 bridgehead atoms. The van der Waals surface area contributed by atoms with E-state index in [1.54, 1.807) is 25.1 Å². The molecule has 1 amide bonds. The summed E-state index contributed by atoms with van der Waals surface area (Å²) in [6.45, 7) is 1.87. The third-order valence-corrected chi connectivity index (χ3v) is 5.24. The number of nitrogens with one attached hydrogen (secondary N) is 1. The zero-order valence-electron chi connectivity index (χ0n) is 18.5. The lowest BCUT2D eigenvalue weighted by Gasteiger charge is -2.12. The molecular weight excluding hydrogens is 494 g/mol. The van der Waals surface area contributed by atoms with Crippen molar-refractivity contribution < 1.29 is 23.5 Å². The molecule has 0 aromatic heterocycles. The maximum atomic E-state index is 13.8. The van der Waals surface area contributed by atoms with Gasteiger partial charge < -0.3 is 14.8 Å². The Balaban J connectivity index is 1.73. The smallest absolute Gasteiger partial charge is 0.338 e. The Labute approximate surface area is 211 Å². The van der Waals surface area contributed by atoms with Gasteiger partial charge in [0.2, 0.25) is 0 Å². The van der Waals surface area contributed by atoms with Gasteiger partial charge >= 0.3 is 5.97 Å². The van der Waals surface area contributed by atoms with Gasteiger partial charge in [-0.2, -0.15) is 5.26 Å². The lowest BCUT2D eigenvalue weighted by molar-refractivity contribution is -0.112. The average molecular weight is 513 g/mol. The number of carbonyl (C=O) groups is 2. The molecule has 0 aliphatic rings. The summed E-state index contributed by atoms with van der Waals surface area (Å²) >= 11 is 12.6. The van der Waals surface area contributed by atoms with Crippen LogP contribution in [-0.2, 0) is 16.1 Å². The Bertz CT molecular complexity index is 1290. The van der Waals surface area contributed by atoms with Crippen LogP contribution in [0.3, 0.4) is 0 Å². The fourth-order valence-corrected chi connectivity index (χ4v) is 3.60. The Kier molecular flexibility index (Phi) is 8.85. The normalized spacial score (nSPS) is 10.9. The van der Waals surface area contributed by atoms with Crippen LogP contribution in [-0.4, -0.2) is 18.5 Å². The maximum absolute atomic E-state index is 13.8. The number of carbonyl (C=O) groups excluding carboxylic acids is 2. The van der Waals surface area contributed by atoms with Crippen molar-refractivity contribution in [2.45, 2.75) is 13.5 Å². The van der Waals surface area contributed by atoms with Crippen molar-refractivity contribution in [3.05, 3.63) is 98.8 Å². The number of halogens is 3. The van der Waals surface area contributed by atoms with Crippen LogP contribution in [0.4, 0.5) is 10.1 Å². The molecule has 6 nitrogen and oxygen atoms in total. The lowest BCUT2D eigenvalue weighted by atomic mass is 10.1. The molecule has 0 saturated heterocycles. The highest BCUT2D eigenvalue weighted by Gasteiger charge is 2.14. The number of nitriles is 1. The van der Waals surface area contributed by atoms with E-state index in [-0.39, 0.29) is 34.6 Å². The molecular formula is C26H19Cl2FN2O4. The van der Waals surface area contributed by atoms with Crippen molar-refractivity contribution in [1.82, 2.24) is 0 Å². The molecule has 0 fully saturated rings. The van der Waals surface area contributed by atoms with Gasteiger partial charge in [-0.3, -0.25) is 4.79 Å². The Hall–Kier alpha value is -3.86. The number of nitrogens with zero attached hydrogens (tertiary/aromatic N) is 1. The van der Waals surface area contributed by atoms with Crippen molar-refractivity contribution in [3.8, 4) is 11.8 Å². The van der Waals surface area contributed by atoms with Crippen molar-refractivity contribution in [2.75, 3.05) is 11.9 Å². The first-order valence-electron chi connectivity index (χ1n) is 10.4. The summed E-state index contributed by atoms with van der Waals surface area (Å²) in [5.41, 5.74) is 1.25. The van der Waals surface area contributed by atoms with Gasteiger partial charge in [-0.1, -0.05) is 41.4 Å². The Morgan fingerprint density at radius 1 is 1.09 bits per heavy atom. The van der Waals surface area contributed by atoms with E-state index in [0.29, 0.717) is 22.4 Å². The number of benzene rings is 3. The number of hydrogen-bond acceptors (Lipinski definition) is 5. The van der Waals surface area contributed by atoms with E-state index >= 15 is 0 Å². The second-order valence-electron chi connectivity index (χ2n) is 7.12. The van der Waals surface area contributed by atoms with Crippen LogP contribution in [0.1, 0.15) is 28.4 Å². The first-order chi connectivity index (χ1) is 16.8. The fraction of sp³-hybridized carbons (Fsp3) is 0.115. The minimum atomic E-state index is -0.663. The minimum Gasteiger partial charge on any atom is -0.486 e. The van der Waals surface area contributed by atoms with E-state index in [0.717, 1.165) is 0 Å². The van der Waals surface area contributed by atoms with Crippen molar-refractivity contribution >= 4 is 46.8 Å². The monoisotopic (exact) mass is 512 g/mol. The quantitative estimate of drug-likeness (QED) is 0.213. The predicted octanol–water partition coefficient (Wildman–Crippen LogP) is 6.43. The van der Waals surface area contributed by atoms with Crippen molar-refractivity contribution in [2.24, 2.45) is 0 Å². The van der Waals surface area contributed by atoms with E-state index in [4.69, 9.17) is 32.7 Å². The van der Waals surface area contributed by atoms with Gasteiger partial charge in [0.1, 0.15) is 24.1 Å². The van der Waals surface area contributed by atoms with Crippen LogP contribution in [0.15, 0.2) is 66.2 Å². The van der Waals surface area contributed by atoms with E-state index in [2.05, 4.69) is 5.32 Å². The van der Waals surface area contributed by atoms with Crippen LogP contribution in [0.5, 0.6) is 5.75 Å². The van der Waals surface area contributed by atoms with Gasteiger partial charge in [0.25, 0.3) is 5.91 Å². The molecule has 0 aliphatic heterocycles. The van der Waals surface area contributed by atoms with E-state index in [1.807, 2.05) is 6.07 Å². The molecule has 178 valence electrons. The van der Waals surface area contributed by atoms with Crippen LogP contribution < -0.4 is 10.1 Å². The summed E-state index contributed by atoms with van der Waals surface area (Å²) in [6, 6.07) is 17.0. The standard InChI is InChI=1S/C26H19Cl2FN2O4/c1-2-34-26(33)17-7-9-20(10-8-17)31-25(32)19(14-30)11-16-12-21(27)24(22(28)13-16)35-15-18-5-3-4-6-23(18)29/h3-13H,2,15H2,1H3,(H,31,32)/b19-11+. The number of amides is 1. The SMILES string of the molecule is CCOC(=O)c1ccc(NC(=O)/C(C#N)=C/c2cc(Cl)c(OCc3ccccc3F)c(Cl)c2)cc1. The number of esters is 1. The number of hydrogen-bond donors (Lipinski definition) is 1. The van der Waals surface area contributed by atoms with Gasteiger partial charge in [-0.05, 0) is 61.0 Å². The fourth-order valence-electron chi connectivity index (χ4n) is 2.98. The van der Waals surface area contributed by atoms with Crippen LogP contribution in [0.25, 0.3) is 6.08 Å². The molecule has 3 rings (SSSR count). The van der Waals surface area contributed by atoms with Gasteiger partial charge in [0, 0.05) is 11.3 Å². The second kappa shape index (κ2) is 12.0. The summed E-state index contributed by atoms with van der Waals surface area (Å²) in [7, 11) is 0. The molecule has 0 radical (unpaired) electrons. The first kappa shape index (κ1) is 25.8. The largest absolute Gasteiger partial charge is 0.486 e. The predicted molar refractivity (Wildman–Crippen MR) is 132 cm³/mol. The third-order valence-electron chi connectivity index (χ3n) is 4.68. The molecule has 3 aromatic rings. The summed E-state index contributed by atoms with van der Waals surface area (Å²) in [5.74, 6) is -1.40. The molecule has 35 heavy (non-hydrogen) atoms. The van der Waals surface area contributed by atoms with Gasteiger partial charge in [0.05, 0.1) is 22.2 Å². The number of ether oxygens (including phenoxy) is 2. The van der Waals surface area contributed by atoms with Crippen molar-refractivity contribution in [1.29, 1.82) is 5.26 Å². The molecule has 0 spiro atoms.